The van der Waals surface area contributed by atoms with Crippen LogP contribution in [0.15, 0.2) is 84.9 Å². The summed E-state index contributed by atoms with van der Waals surface area (Å²) in [6, 6.07) is 24.2. The fourth-order valence-corrected chi connectivity index (χ4v) is 7.03. The van der Waals surface area contributed by atoms with E-state index in [1.807, 2.05) is 18.2 Å². The first-order valence-electron chi connectivity index (χ1n) is 20.9. The Morgan fingerprint density at radius 3 is 2.10 bits per heavy atom. The molecule has 5 amide bonds. The first kappa shape index (κ1) is 46.3. The Kier molecular flexibility index (Phi) is 17.0. The van der Waals surface area contributed by atoms with Crippen LogP contribution >= 0.6 is 0 Å². The molecule has 62 heavy (non-hydrogen) atoms. The van der Waals surface area contributed by atoms with E-state index in [4.69, 9.17) is 26.2 Å². The van der Waals surface area contributed by atoms with Gasteiger partial charge in [-0.25, -0.2) is 0 Å². The molecule has 0 saturated carbocycles. The normalized spacial score (nSPS) is 16.1. The average molecular weight is 845 g/mol. The van der Waals surface area contributed by atoms with Crippen molar-refractivity contribution >= 4 is 29.5 Å². The highest BCUT2D eigenvalue weighted by molar-refractivity contribution is 5.98. The highest BCUT2D eigenvalue weighted by atomic mass is 16.5. The van der Waals surface area contributed by atoms with E-state index in [-0.39, 0.29) is 45.7 Å². The van der Waals surface area contributed by atoms with E-state index in [0.29, 0.717) is 39.3 Å². The number of carbonyl (C=O) groups is 5. The van der Waals surface area contributed by atoms with E-state index in [0.717, 1.165) is 30.4 Å². The molecular weight excluding hydrogens is 789 g/mol. The molecule has 15 nitrogen and oxygen atoms in total. The van der Waals surface area contributed by atoms with Crippen LogP contribution in [0, 0.1) is 11.3 Å². The Labute approximate surface area is 362 Å². The molecular formula is C47H56N8O7. The van der Waals surface area contributed by atoms with Gasteiger partial charge in [0.15, 0.2) is 0 Å². The van der Waals surface area contributed by atoms with Gasteiger partial charge in [-0.05, 0) is 84.0 Å². The van der Waals surface area contributed by atoms with E-state index in [2.05, 4.69) is 52.5 Å². The van der Waals surface area contributed by atoms with Crippen LogP contribution in [-0.4, -0.2) is 93.0 Å². The maximum Gasteiger partial charge on any atom is 0.251 e. The minimum atomic E-state index is -1.31. The standard InChI is InChI=1S/C47H56N8O7/c1-4-5-7-31-8-11-33(12-9-31)34-13-15-35(16-14-34)45(58)52-29-42(56)55(3)43-36-17-19-41(62-25-22-50)38(28-36)37-26-32(10-18-40(37)61-24-21-49)27-39(46(59)51-23-6-20-48)54-44(57)30(2)53-47(43)60/h8-19,26,28,30,39,43H,4-7,21-25,27,29,49-50H2,1-3H3,(H,51,59)(H,52,58)(H,53,60)(H,54,57)/t30-,39?,43?/m0/s1. The Balaban J connectivity index is 1.46. The molecule has 0 fully saturated rings. The Bertz CT molecular complexity index is 2240. The zero-order chi connectivity index (χ0) is 44.6. The van der Waals surface area contributed by atoms with Crippen molar-refractivity contribution in [3.63, 3.8) is 0 Å². The number of likely N-dealkylation sites (N-methyl/N-ethyl adjacent to an activating group) is 1. The highest BCUT2D eigenvalue weighted by Crippen LogP contribution is 2.40. The van der Waals surface area contributed by atoms with Crippen molar-refractivity contribution in [2.75, 3.05) is 46.4 Å². The van der Waals surface area contributed by atoms with Gasteiger partial charge in [-0.1, -0.05) is 61.9 Å². The first-order valence-corrected chi connectivity index (χ1v) is 20.9. The molecule has 0 saturated heterocycles. The molecule has 1 heterocycles. The van der Waals surface area contributed by atoms with Crippen LogP contribution in [-0.2, 0) is 32.0 Å². The van der Waals surface area contributed by atoms with Crippen molar-refractivity contribution < 1.29 is 33.4 Å². The van der Waals surface area contributed by atoms with Crippen molar-refractivity contribution in [2.45, 2.75) is 64.1 Å². The molecule has 8 N–H and O–H groups in total. The SMILES string of the molecule is CCCCc1ccc(-c2ccc(C(=O)NCC(=O)N(C)C3C(=O)N[C@@H](C)C(=O)NC(C(=O)NCCC#N)Cc4ccc(OCCN)c(c4)-c4cc3ccc4OCCN)cc2)cc1. The van der Waals surface area contributed by atoms with Crippen LogP contribution in [0.5, 0.6) is 11.5 Å². The molecule has 5 rings (SSSR count). The number of aryl methyl sites for hydroxylation is 1. The molecule has 1 aliphatic rings. The largest absolute Gasteiger partial charge is 0.492 e. The fraction of sp³-hybridized carbons (Fsp3) is 0.362. The van der Waals surface area contributed by atoms with E-state index < -0.39 is 54.2 Å². The van der Waals surface area contributed by atoms with E-state index >= 15 is 0 Å². The van der Waals surface area contributed by atoms with Crippen molar-refractivity contribution in [3.05, 3.63) is 107 Å². The van der Waals surface area contributed by atoms with Crippen LogP contribution in [0.2, 0.25) is 0 Å². The third-order valence-electron chi connectivity index (χ3n) is 10.4. The van der Waals surface area contributed by atoms with Crippen molar-refractivity contribution in [1.29, 1.82) is 5.26 Å². The number of nitriles is 1. The van der Waals surface area contributed by atoms with E-state index in [1.54, 1.807) is 48.5 Å². The number of benzene rings is 4. The molecule has 0 aliphatic carbocycles. The summed E-state index contributed by atoms with van der Waals surface area (Å²) in [6.45, 7) is 4.03. The number of hydrogen-bond donors (Lipinski definition) is 6. The second-order valence-corrected chi connectivity index (χ2v) is 15.0. The van der Waals surface area contributed by atoms with Gasteiger partial charge in [-0.3, -0.25) is 24.0 Å². The van der Waals surface area contributed by atoms with E-state index in [9.17, 15) is 24.0 Å². The summed E-state index contributed by atoms with van der Waals surface area (Å²) in [5.74, 6) is -2.12. The second-order valence-electron chi connectivity index (χ2n) is 15.0. The summed E-state index contributed by atoms with van der Waals surface area (Å²) in [5.41, 5.74) is 17.3. The lowest BCUT2D eigenvalue weighted by atomic mass is 9.93. The molecule has 4 aromatic carbocycles. The van der Waals surface area contributed by atoms with Gasteiger partial charge in [0.1, 0.15) is 42.8 Å². The molecule has 0 aromatic heterocycles. The molecule has 0 radical (unpaired) electrons. The maximum atomic E-state index is 14.3. The molecule has 1 aliphatic heterocycles. The number of fused-ring (bicyclic) bond motifs is 5. The van der Waals surface area contributed by atoms with E-state index in [1.165, 1.54) is 24.4 Å². The predicted octanol–water partition coefficient (Wildman–Crippen LogP) is 3.54. The lowest BCUT2D eigenvalue weighted by molar-refractivity contribution is -0.139. The van der Waals surface area contributed by atoms with Gasteiger partial charge < -0.3 is 47.1 Å². The van der Waals surface area contributed by atoms with Gasteiger partial charge in [0.05, 0.1) is 19.0 Å². The summed E-state index contributed by atoms with van der Waals surface area (Å²) >= 11 is 0. The number of unbranched alkanes of at least 4 members (excludes halogenated alkanes) is 1. The van der Waals surface area contributed by atoms with Crippen LogP contribution in [0.1, 0.15) is 66.2 Å². The number of rotatable bonds is 17. The Hall–Kier alpha value is -6.76. The van der Waals surface area contributed by atoms with Crippen LogP contribution in [0.4, 0.5) is 0 Å². The summed E-state index contributed by atoms with van der Waals surface area (Å²) in [4.78, 5) is 69.8. The highest BCUT2D eigenvalue weighted by Gasteiger charge is 2.33. The summed E-state index contributed by atoms with van der Waals surface area (Å²) in [7, 11) is 1.44. The van der Waals surface area contributed by atoms with Crippen molar-refractivity contribution in [2.24, 2.45) is 11.5 Å². The summed E-state index contributed by atoms with van der Waals surface area (Å²) in [5, 5.41) is 19.9. The predicted molar refractivity (Wildman–Crippen MR) is 236 cm³/mol. The minimum absolute atomic E-state index is 0.0519. The number of hydrogen-bond acceptors (Lipinski definition) is 10. The van der Waals surface area contributed by atoms with Gasteiger partial charge in [-0.2, -0.15) is 5.26 Å². The number of nitrogens with zero attached hydrogens (tertiary/aromatic N) is 2. The van der Waals surface area contributed by atoms with Gasteiger partial charge in [0.25, 0.3) is 5.91 Å². The molecule has 3 atom stereocenters. The van der Waals surface area contributed by atoms with Crippen LogP contribution < -0.4 is 42.2 Å². The average Bonchev–Trinajstić information content (AvgIpc) is 3.28. The quantitative estimate of drug-likeness (QED) is 0.0847. The number of nitrogens with two attached hydrogens (primary N) is 2. The zero-order valence-electron chi connectivity index (χ0n) is 35.5. The van der Waals surface area contributed by atoms with Gasteiger partial charge in [0.2, 0.25) is 23.6 Å². The third kappa shape index (κ3) is 12.2. The number of carbonyl (C=O) groups excluding carboxylic acids is 5. The smallest absolute Gasteiger partial charge is 0.251 e. The minimum Gasteiger partial charge on any atom is -0.492 e. The maximum absolute atomic E-state index is 14.3. The topological polar surface area (TPSA) is 231 Å². The molecule has 4 bridgehead atoms. The van der Waals surface area contributed by atoms with Gasteiger partial charge in [-0.15, -0.1) is 0 Å². The zero-order valence-corrected chi connectivity index (χ0v) is 35.5. The van der Waals surface area contributed by atoms with Crippen molar-refractivity contribution in [3.8, 4) is 39.8 Å². The monoisotopic (exact) mass is 844 g/mol. The number of ether oxygens (including phenoxy) is 2. The van der Waals surface area contributed by atoms with Gasteiger partial charge in [0, 0.05) is 49.8 Å². The van der Waals surface area contributed by atoms with Crippen LogP contribution in [0.3, 0.4) is 0 Å². The summed E-state index contributed by atoms with van der Waals surface area (Å²) in [6.07, 6.45) is 3.40. The van der Waals surface area contributed by atoms with Crippen molar-refractivity contribution in [1.82, 2.24) is 26.2 Å². The lowest BCUT2D eigenvalue weighted by Crippen LogP contribution is -2.55. The third-order valence-corrected chi connectivity index (χ3v) is 10.4. The number of nitrogens with one attached hydrogen (secondary N) is 4. The fourth-order valence-electron chi connectivity index (χ4n) is 7.03. The molecule has 2 unspecified atom stereocenters. The molecule has 15 heteroatoms. The summed E-state index contributed by atoms with van der Waals surface area (Å²) < 4.78 is 12.1. The number of amides is 5. The molecule has 0 spiro atoms. The Morgan fingerprint density at radius 2 is 1.47 bits per heavy atom. The Morgan fingerprint density at radius 1 is 0.839 bits per heavy atom. The molecule has 4 aromatic rings. The second kappa shape index (κ2) is 22.7. The molecule has 326 valence electrons. The van der Waals surface area contributed by atoms with Gasteiger partial charge >= 0.3 is 0 Å². The van der Waals surface area contributed by atoms with Crippen LogP contribution in [0.25, 0.3) is 22.3 Å². The lowest BCUT2D eigenvalue weighted by Gasteiger charge is -2.30. The first-order chi connectivity index (χ1) is 30.0.